The highest BCUT2D eigenvalue weighted by molar-refractivity contribution is 9.10. The van der Waals surface area contributed by atoms with Crippen LogP contribution in [0.4, 0.5) is 4.39 Å². The van der Waals surface area contributed by atoms with Gasteiger partial charge in [0.15, 0.2) is 5.78 Å². The first-order valence-electron chi connectivity index (χ1n) is 6.00. The molecule has 20 heavy (non-hydrogen) atoms. The maximum atomic E-state index is 14.1. The van der Waals surface area contributed by atoms with Crippen molar-refractivity contribution in [2.75, 3.05) is 0 Å². The highest BCUT2D eigenvalue weighted by Crippen LogP contribution is 2.24. The molecule has 1 aromatic heterocycles. The normalized spacial score (nSPS) is 10.7. The molecule has 0 spiro atoms. The molecule has 3 rings (SSSR count). The molecular weight excluding hydrogens is 321 g/mol. The molecule has 0 N–H and O–H groups in total. The molecule has 0 atom stereocenters. The van der Waals surface area contributed by atoms with Crippen molar-refractivity contribution >= 4 is 32.5 Å². The molecule has 2 aromatic carbocycles. The first-order chi connectivity index (χ1) is 9.68. The van der Waals surface area contributed by atoms with E-state index in [1.54, 1.807) is 42.7 Å². The van der Waals surface area contributed by atoms with Crippen LogP contribution in [0.5, 0.6) is 0 Å². The molecule has 0 amide bonds. The Morgan fingerprint density at radius 3 is 2.65 bits per heavy atom. The topological polar surface area (TPSA) is 30.0 Å². The Morgan fingerprint density at radius 2 is 1.80 bits per heavy atom. The van der Waals surface area contributed by atoms with Gasteiger partial charge in [0.05, 0.1) is 10.0 Å². The number of ketones is 1. The number of carbonyl (C=O) groups excluding carboxylic acids is 1. The van der Waals surface area contributed by atoms with Gasteiger partial charge >= 0.3 is 0 Å². The molecule has 1 heterocycles. The Bertz CT molecular complexity index is 811. The van der Waals surface area contributed by atoms with Crippen LogP contribution in [0.2, 0.25) is 0 Å². The lowest BCUT2D eigenvalue weighted by Gasteiger charge is -2.07. The number of fused-ring (bicyclic) bond motifs is 1. The third kappa shape index (κ3) is 2.12. The second-order valence-corrected chi connectivity index (χ2v) is 5.19. The van der Waals surface area contributed by atoms with Crippen molar-refractivity contribution in [3.05, 3.63) is 76.3 Å². The van der Waals surface area contributed by atoms with Gasteiger partial charge in [0.2, 0.25) is 0 Å². The van der Waals surface area contributed by atoms with Crippen LogP contribution in [0.1, 0.15) is 15.9 Å². The summed E-state index contributed by atoms with van der Waals surface area (Å²) in [6.07, 6.45) is 3.31. The summed E-state index contributed by atoms with van der Waals surface area (Å²) in [7, 11) is 0. The Morgan fingerprint density at radius 1 is 1.05 bits per heavy atom. The first kappa shape index (κ1) is 12.9. The van der Waals surface area contributed by atoms with Crippen molar-refractivity contribution in [1.29, 1.82) is 0 Å². The molecule has 0 fully saturated rings. The van der Waals surface area contributed by atoms with Crippen LogP contribution in [-0.4, -0.2) is 10.8 Å². The summed E-state index contributed by atoms with van der Waals surface area (Å²) in [5.41, 5.74) is 0.533. The highest BCUT2D eigenvalue weighted by Gasteiger charge is 2.17. The number of hydrogen-bond donors (Lipinski definition) is 0. The van der Waals surface area contributed by atoms with E-state index in [1.165, 1.54) is 6.07 Å². The van der Waals surface area contributed by atoms with Gasteiger partial charge in [0.1, 0.15) is 5.82 Å². The number of rotatable bonds is 2. The summed E-state index contributed by atoms with van der Waals surface area (Å²) in [5.74, 6) is -0.871. The Balaban J connectivity index is 2.21. The summed E-state index contributed by atoms with van der Waals surface area (Å²) in [6, 6.07) is 11.8. The number of hydrogen-bond acceptors (Lipinski definition) is 2. The maximum Gasteiger partial charge on any atom is 0.196 e. The number of halogens is 2. The van der Waals surface area contributed by atoms with E-state index in [4.69, 9.17) is 0 Å². The van der Waals surface area contributed by atoms with Gasteiger partial charge in [-0.15, -0.1) is 0 Å². The molecule has 0 unspecified atom stereocenters. The molecule has 3 aromatic rings. The van der Waals surface area contributed by atoms with Crippen LogP contribution in [0, 0.1) is 5.82 Å². The third-order valence-electron chi connectivity index (χ3n) is 3.12. The van der Waals surface area contributed by atoms with Gasteiger partial charge in [0, 0.05) is 23.3 Å². The zero-order valence-corrected chi connectivity index (χ0v) is 11.9. The molecule has 0 aliphatic rings. The summed E-state index contributed by atoms with van der Waals surface area (Å²) in [5, 5.41) is 1.63. The number of pyridine rings is 1. The van der Waals surface area contributed by atoms with E-state index in [1.807, 2.05) is 6.07 Å². The largest absolute Gasteiger partial charge is 0.288 e. The molecule has 2 nitrogen and oxygen atoms in total. The minimum atomic E-state index is -0.538. The van der Waals surface area contributed by atoms with E-state index in [0.717, 1.165) is 10.8 Å². The monoisotopic (exact) mass is 329 g/mol. The standard InChI is InChI=1S/C16H9BrFNO/c17-14-6-2-5-13(15(14)18)16(20)12-4-1-3-10-9-19-8-7-11(10)12/h1-9H. The Hall–Kier alpha value is -2.07. The van der Waals surface area contributed by atoms with Crippen LogP contribution in [-0.2, 0) is 0 Å². The van der Waals surface area contributed by atoms with E-state index >= 15 is 0 Å². The minimum Gasteiger partial charge on any atom is -0.288 e. The van der Waals surface area contributed by atoms with Crippen LogP contribution in [0.25, 0.3) is 10.8 Å². The van der Waals surface area contributed by atoms with E-state index < -0.39 is 5.82 Å². The van der Waals surface area contributed by atoms with Crippen LogP contribution < -0.4 is 0 Å². The fourth-order valence-electron chi connectivity index (χ4n) is 2.14. The number of aromatic nitrogens is 1. The lowest BCUT2D eigenvalue weighted by atomic mass is 9.98. The predicted molar refractivity (Wildman–Crippen MR) is 79.3 cm³/mol. The van der Waals surface area contributed by atoms with Crippen molar-refractivity contribution in [2.24, 2.45) is 0 Å². The number of benzene rings is 2. The van der Waals surface area contributed by atoms with Crippen LogP contribution >= 0.6 is 15.9 Å². The zero-order chi connectivity index (χ0) is 14.1. The average Bonchev–Trinajstić information content (AvgIpc) is 2.49. The fraction of sp³-hybridized carbons (Fsp3) is 0. The third-order valence-corrected chi connectivity index (χ3v) is 3.73. The van der Waals surface area contributed by atoms with Gasteiger partial charge < -0.3 is 0 Å². The van der Waals surface area contributed by atoms with Gasteiger partial charge in [-0.2, -0.15) is 0 Å². The predicted octanol–water partition coefficient (Wildman–Crippen LogP) is 4.37. The molecule has 0 saturated heterocycles. The first-order valence-corrected chi connectivity index (χ1v) is 6.79. The zero-order valence-electron chi connectivity index (χ0n) is 10.3. The summed E-state index contributed by atoms with van der Waals surface area (Å²) >= 11 is 3.10. The lowest BCUT2D eigenvalue weighted by molar-refractivity contribution is 0.103. The van der Waals surface area contributed by atoms with E-state index in [-0.39, 0.29) is 15.8 Å². The minimum absolute atomic E-state index is 0.0590. The van der Waals surface area contributed by atoms with Crippen molar-refractivity contribution in [2.45, 2.75) is 0 Å². The quantitative estimate of drug-likeness (QED) is 0.653. The fourth-order valence-corrected chi connectivity index (χ4v) is 2.51. The average molecular weight is 330 g/mol. The van der Waals surface area contributed by atoms with Crippen LogP contribution in [0.3, 0.4) is 0 Å². The Kier molecular flexibility index (Phi) is 3.32. The Labute approximate surface area is 123 Å². The summed E-state index contributed by atoms with van der Waals surface area (Å²) in [4.78, 5) is 16.6. The molecule has 4 heteroatoms. The van der Waals surface area contributed by atoms with Crippen molar-refractivity contribution in [3.8, 4) is 0 Å². The smallest absolute Gasteiger partial charge is 0.196 e. The van der Waals surface area contributed by atoms with E-state index in [9.17, 15) is 9.18 Å². The van der Waals surface area contributed by atoms with Gasteiger partial charge in [-0.1, -0.05) is 24.3 Å². The molecule has 0 aliphatic heterocycles. The van der Waals surface area contributed by atoms with E-state index in [2.05, 4.69) is 20.9 Å². The summed E-state index contributed by atoms with van der Waals surface area (Å²) in [6.45, 7) is 0. The molecule has 98 valence electrons. The molecule has 0 radical (unpaired) electrons. The van der Waals surface area contributed by atoms with E-state index in [0.29, 0.717) is 5.56 Å². The molecular formula is C16H9BrFNO. The van der Waals surface area contributed by atoms with Crippen LogP contribution in [0.15, 0.2) is 59.3 Å². The highest BCUT2D eigenvalue weighted by atomic mass is 79.9. The van der Waals surface area contributed by atoms with Gasteiger partial charge in [-0.05, 0) is 39.5 Å². The van der Waals surface area contributed by atoms with Crippen molar-refractivity contribution < 1.29 is 9.18 Å². The molecule has 0 saturated carbocycles. The van der Waals surface area contributed by atoms with Crippen molar-refractivity contribution in [3.63, 3.8) is 0 Å². The van der Waals surface area contributed by atoms with Crippen molar-refractivity contribution in [1.82, 2.24) is 4.98 Å². The lowest BCUT2D eigenvalue weighted by Crippen LogP contribution is -2.05. The number of nitrogens with zero attached hydrogens (tertiary/aromatic N) is 1. The van der Waals surface area contributed by atoms with Gasteiger partial charge in [-0.3, -0.25) is 9.78 Å². The van der Waals surface area contributed by atoms with Gasteiger partial charge in [0.25, 0.3) is 0 Å². The summed E-state index contributed by atoms with van der Waals surface area (Å²) < 4.78 is 14.3. The molecule has 0 bridgehead atoms. The maximum absolute atomic E-state index is 14.1. The number of carbonyl (C=O) groups is 1. The SMILES string of the molecule is O=C(c1cccc(Br)c1F)c1cccc2cnccc12. The molecule has 0 aliphatic carbocycles. The second kappa shape index (κ2) is 5.13. The second-order valence-electron chi connectivity index (χ2n) is 4.33. The van der Waals surface area contributed by atoms with Gasteiger partial charge in [-0.25, -0.2) is 4.39 Å².